The molecule has 2 fully saturated rings. The van der Waals surface area contributed by atoms with E-state index in [1.807, 2.05) is 20.9 Å². The zero-order chi connectivity index (χ0) is 26.6. The highest BCUT2D eigenvalue weighted by atomic mass is 32.1. The van der Waals surface area contributed by atoms with Gasteiger partial charge in [0.25, 0.3) is 0 Å². The van der Waals surface area contributed by atoms with Crippen molar-refractivity contribution in [2.24, 2.45) is 11.8 Å². The van der Waals surface area contributed by atoms with Crippen LogP contribution in [0.4, 0.5) is 0 Å². The van der Waals surface area contributed by atoms with Crippen molar-refractivity contribution >= 4 is 35.1 Å². The molecule has 2 aliphatic rings. The van der Waals surface area contributed by atoms with Gasteiger partial charge in [0.2, 0.25) is 11.8 Å². The van der Waals surface area contributed by atoms with Crippen LogP contribution in [0.5, 0.6) is 0 Å². The van der Waals surface area contributed by atoms with E-state index in [4.69, 9.17) is 4.74 Å². The number of rotatable bonds is 11. The molecule has 1 aromatic rings. The molecule has 36 heavy (non-hydrogen) atoms. The Labute approximate surface area is 216 Å². The predicted molar refractivity (Wildman–Crippen MR) is 135 cm³/mol. The molecule has 1 saturated heterocycles. The molecule has 0 radical (unpaired) electrons. The van der Waals surface area contributed by atoms with Crippen molar-refractivity contribution in [1.29, 1.82) is 0 Å². The summed E-state index contributed by atoms with van der Waals surface area (Å²) in [6.45, 7) is 6.11. The minimum Gasteiger partial charge on any atom is -0.476 e. The number of piperidine rings is 1. The Balaban J connectivity index is 1.76. The Morgan fingerprint density at radius 3 is 2.47 bits per heavy atom. The summed E-state index contributed by atoms with van der Waals surface area (Å²) in [7, 11) is 3.67. The molecule has 11 heteroatoms. The molecule has 200 valence electrons. The third-order valence-corrected chi connectivity index (χ3v) is 8.06. The van der Waals surface area contributed by atoms with E-state index in [1.165, 1.54) is 12.3 Å². The number of aromatic nitrogens is 1. The Hall–Kier alpha value is -2.53. The van der Waals surface area contributed by atoms with Crippen LogP contribution < -0.4 is 5.32 Å². The van der Waals surface area contributed by atoms with E-state index < -0.39 is 24.1 Å². The SMILES string of the molecule is CC(=O)OC(CC(C(C)C)N(C)C(=O)C(NC(=O)[C@H]1CCCCN1C)C1CC1)c1nc(C(=O)O)cs1. The van der Waals surface area contributed by atoms with Crippen LogP contribution in [0.25, 0.3) is 0 Å². The van der Waals surface area contributed by atoms with Crippen LogP contribution >= 0.6 is 11.3 Å². The predicted octanol–water partition coefficient (Wildman–Crippen LogP) is 2.70. The maximum absolute atomic E-state index is 13.7. The van der Waals surface area contributed by atoms with Gasteiger partial charge < -0.3 is 20.1 Å². The second-order valence-corrected chi connectivity index (χ2v) is 11.2. The number of nitrogens with zero attached hydrogens (tertiary/aromatic N) is 3. The summed E-state index contributed by atoms with van der Waals surface area (Å²) in [6, 6.07) is -1.14. The molecule has 1 aliphatic heterocycles. The smallest absolute Gasteiger partial charge is 0.355 e. The van der Waals surface area contributed by atoms with Crippen LogP contribution in [0.1, 0.15) is 80.9 Å². The quantitative estimate of drug-likeness (QED) is 0.425. The summed E-state index contributed by atoms with van der Waals surface area (Å²) >= 11 is 1.11. The number of thiazole rings is 1. The fourth-order valence-electron chi connectivity index (χ4n) is 4.88. The van der Waals surface area contributed by atoms with Gasteiger partial charge in [0.05, 0.1) is 6.04 Å². The number of hydrogen-bond donors (Lipinski definition) is 2. The number of ether oxygens (including phenoxy) is 1. The number of carboxylic acid groups (broad SMARTS) is 1. The first-order chi connectivity index (χ1) is 17.0. The molecule has 0 spiro atoms. The van der Waals surface area contributed by atoms with Gasteiger partial charge in [-0.15, -0.1) is 11.3 Å². The molecule has 4 atom stereocenters. The van der Waals surface area contributed by atoms with Crippen molar-refractivity contribution in [1.82, 2.24) is 20.1 Å². The van der Waals surface area contributed by atoms with E-state index in [9.17, 15) is 24.3 Å². The normalized spacial score (nSPS) is 20.9. The number of carbonyl (C=O) groups is 4. The van der Waals surface area contributed by atoms with E-state index in [1.54, 1.807) is 11.9 Å². The van der Waals surface area contributed by atoms with Gasteiger partial charge in [-0.3, -0.25) is 19.3 Å². The number of esters is 1. The molecule has 1 aliphatic carbocycles. The Bertz CT molecular complexity index is 962. The molecule has 0 aromatic carbocycles. The van der Waals surface area contributed by atoms with Crippen molar-refractivity contribution in [3.63, 3.8) is 0 Å². The Morgan fingerprint density at radius 1 is 1.25 bits per heavy atom. The third kappa shape index (κ3) is 7.03. The summed E-state index contributed by atoms with van der Waals surface area (Å²) in [4.78, 5) is 57.8. The molecule has 1 aromatic heterocycles. The van der Waals surface area contributed by atoms with Crippen LogP contribution in [-0.2, 0) is 19.1 Å². The Kier molecular flexibility index (Phi) is 9.46. The number of carbonyl (C=O) groups excluding carboxylic acids is 3. The monoisotopic (exact) mass is 522 g/mol. The lowest BCUT2D eigenvalue weighted by Gasteiger charge is -2.37. The van der Waals surface area contributed by atoms with Crippen LogP contribution in [0.2, 0.25) is 0 Å². The van der Waals surface area contributed by atoms with Crippen LogP contribution in [0.3, 0.4) is 0 Å². The van der Waals surface area contributed by atoms with Gasteiger partial charge in [0, 0.05) is 31.8 Å². The summed E-state index contributed by atoms with van der Waals surface area (Å²) in [6.07, 6.45) is 4.12. The second kappa shape index (κ2) is 12.1. The highest BCUT2D eigenvalue weighted by Gasteiger charge is 2.42. The number of likely N-dealkylation sites (N-methyl/N-ethyl adjacent to an activating group) is 2. The molecule has 2 N–H and O–H groups in total. The van der Waals surface area contributed by atoms with Crippen molar-refractivity contribution < 1.29 is 29.0 Å². The molecule has 0 bridgehead atoms. The van der Waals surface area contributed by atoms with E-state index in [0.29, 0.717) is 5.01 Å². The molecule has 3 rings (SSSR count). The fourth-order valence-corrected chi connectivity index (χ4v) is 5.71. The molecule has 10 nitrogen and oxygen atoms in total. The van der Waals surface area contributed by atoms with Gasteiger partial charge in [0.1, 0.15) is 11.0 Å². The fraction of sp³-hybridized carbons (Fsp3) is 0.720. The zero-order valence-electron chi connectivity index (χ0n) is 21.7. The maximum atomic E-state index is 13.7. The molecular formula is C25H38N4O6S. The van der Waals surface area contributed by atoms with Crippen LogP contribution in [-0.4, -0.2) is 82.4 Å². The number of amides is 2. The summed E-state index contributed by atoms with van der Waals surface area (Å²) in [5.74, 6) is -1.79. The first-order valence-electron chi connectivity index (χ1n) is 12.6. The van der Waals surface area contributed by atoms with Crippen LogP contribution in [0.15, 0.2) is 5.38 Å². The van der Waals surface area contributed by atoms with E-state index >= 15 is 0 Å². The van der Waals surface area contributed by atoms with Gasteiger partial charge in [-0.05, 0) is 51.1 Å². The average molecular weight is 523 g/mol. The molecule has 2 heterocycles. The van der Waals surface area contributed by atoms with E-state index in [2.05, 4.69) is 15.2 Å². The average Bonchev–Trinajstić information content (AvgIpc) is 3.53. The first kappa shape index (κ1) is 28.0. The highest BCUT2D eigenvalue weighted by Crippen LogP contribution is 2.35. The lowest BCUT2D eigenvalue weighted by Crippen LogP contribution is -2.56. The van der Waals surface area contributed by atoms with Gasteiger partial charge >= 0.3 is 11.9 Å². The number of nitrogens with one attached hydrogen (secondary N) is 1. The lowest BCUT2D eigenvalue weighted by atomic mass is 9.95. The largest absolute Gasteiger partial charge is 0.476 e. The van der Waals surface area contributed by atoms with Gasteiger partial charge in [-0.25, -0.2) is 9.78 Å². The number of carboxylic acids is 1. The van der Waals surface area contributed by atoms with Gasteiger partial charge in [-0.2, -0.15) is 0 Å². The van der Waals surface area contributed by atoms with E-state index in [-0.39, 0.29) is 47.8 Å². The van der Waals surface area contributed by atoms with Gasteiger partial charge in [-0.1, -0.05) is 20.3 Å². The number of aromatic carboxylic acids is 1. The summed E-state index contributed by atoms with van der Waals surface area (Å²) in [5.41, 5.74) is -0.109. The standard InChI is InChI=1S/C25H38N4O6S/c1-14(2)19(12-20(35-15(3)30)23-26-17(13-36-23)25(33)34)29(5)24(32)21(16-9-10-16)27-22(31)18-8-6-7-11-28(18)4/h13-14,16,18-21H,6-12H2,1-5H3,(H,27,31)(H,33,34)/t18-,19?,20?,21?/m1/s1. The van der Waals surface area contributed by atoms with Crippen molar-refractivity contribution in [2.75, 3.05) is 20.6 Å². The molecule has 2 amide bonds. The highest BCUT2D eigenvalue weighted by molar-refractivity contribution is 7.09. The van der Waals surface area contributed by atoms with E-state index in [0.717, 1.165) is 50.0 Å². The van der Waals surface area contributed by atoms with Crippen LogP contribution in [0, 0.1) is 11.8 Å². The first-order valence-corrected chi connectivity index (χ1v) is 13.5. The minimum atomic E-state index is -1.15. The summed E-state index contributed by atoms with van der Waals surface area (Å²) in [5, 5.41) is 14.1. The van der Waals surface area contributed by atoms with Crippen molar-refractivity contribution in [3.8, 4) is 0 Å². The summed E-state index contributed by atoms with van der Waals surface area (Å²) < 4.78 is 5.52. The topological polar surface area (TPSA) is 129 Å². The maximum Gasteiger partial charge on any atom is 0.355 e. The lowest BCUT2D eigenvalue weighted by molar-refractivity contribution is -0.149. The molecule has 3 unspecified atom stereocenters. The number of likely N-dealkylation sites (tertiary alicyclic amines) is 1. The second-order valence-electron chi connectivity index (χ2n) is 10.3. The minimum absolute atomic E-state index is 0.0101. The van der Waals surface area contributed by atoms with Crippen molar-refractivity contribution in [3.05, 3.63) is 16.1 Å². The number of hydrogen-bond acceptors (Lipinski definition) is 8. The third-order valence-electron chi connectivity index (χ3n) is 7.13. The Morgan fingerprint density at radius 2 is 1.94 bits per heavy atom. The molecule has 1 saturated carbocycles. The van der Waals surface area contributed by atoms with Crippen molar-refractivity contribution in [2.45, 2.75) is 83.5 Å². The molecular weight excluding hydrogens is 484 g/mol. The van der Waals surface area contributed by atoms with Gasteiger partial charge in [0.15, 0.2) is 11.8 Å². The zero-order valence-corrected chi connectivity index (χ0v) is 22.5.